The molecule has 0 spiro atoms. The molecule has 1 fully saturated rings. The van der Waals surface area contributed by atoms with E-state index in [4.69, 9.17) is 0 Å². The number of benzene rings is 1. The zero-order valence-corrected chi connectivity index (χ0v) is 16.8. The number of aromatic carboxylic acids is 1. The number of fused-ring (bicyclic) bond motifs is 1. The molecule has 4 aromatic rings. The molecule has 1 atom stereocenters. The zero-order chi connectivity index (χ0) is 21.4. The highest BCUT2D eigenvalue weighted by molar-refractivity contribution is 5.87. The van der Waals surface area contributed by atoms with E-state index in [9.17, 15) is 14.7 Å². The van der Waals surface area contributed by atoms with Crippen LogP contribution in [0.15, 0.2) is 71.8 Å². The van der Waals surface area contributed by atoms with Gasteiger partial charge in [-0.2, -0.15) is 0 Å². The van der Waals surface area contributed by atoms with Crippen molar-refractivity contribution >= 4 is 17.1 Å². The summed E-state index contributed by atoms with van der Waals surface area (Å²) in [6, 6.07) is 16.4. The van der Waals surface area contributed by atoms with Gasteiger partial charge in [0.1, 0.15) is 0 Å². The van der Waals surface area contributed by atoms with E-state index < -0.39 is 5.97 Å². The summed E-state index contributed by atoms with van der Waals surface area (Å²) >= 11 is 0. The minimum absolute atomic E-state index is 0.0162. The first kappa shape index (κ1) is 19.2. The molecule has 4 heterocycles. The molecule has 1 N–H and O–H groups in total. The van der Waals surface area contributed by atoms with Crippen LogP contribution in [0.5, 0.6) is 0 Å². The van der Waals surface area contributed by atoms with Gasteiger partial charge in [0.2, 0.25) is 0 Å². The predicted molar refractivity (Wildman–Crippen MR) is 115 cm³/mol. The highest BCUT2D eigenvalue weighted by Crippen LogP contribution is 2.26. The van der Waals surface area contributed by atoms with Gasteiger partial charge in [0, 0.05) is 32.0 Å². The van der Waals surface area contributed by atoms with Crippen LogP contribution in [-0.2, 0) is 6.54 Å². The van der Waals surface area contributed by atoms with Crippen molar-refractivity contribution < 1.29 is 9.90 Å². The van der Waals surface area contributed by atoms with E-state index in [1.54, 1.807) is 21.4 Å². The van der Waals surface area contributed by atoms with Crippen LogP contribution < -0.4 is 5.69 Å². The van der Waals surface area contributed by atoms with Gasteiger partial charge in [-0.05, 0) is 42.8 Å². The molecule has 1 aliphatic heterocycles. The van der Waals surface area contributed by atoms with Gasteiger partial charge in [-0.1, -0.05) is 18.2 Å². The van der Waals surface area contributed by atoms with Crippen LogP contribution in [0.1, 0.15) is 28.5 Å². The molecule has 8 nitrogen and oxygen atoms in total. The molecule has 1 saturated heterocycles. The molecule has 0 amide bonds. The molecular formula is C23H21N5O3. The Morgan fingerprint density at radius 2 is 1.90 bits per heavy atom. The first-order chi connectivity index (χ1) is 15.1. The Labute approximate surface area is 178 Å². The lowest BCUT2D eigenvalue weighted by Gasteiger charge is -2.16. The molecular weight excluding hydrogens is 394 g/mol. The number of carboxylic acid groups (broad SMARTS) is 1. The van der Waals surface area contributed by atoms with Gasteiger partial charge in [0.15, 0.2) is 5.65 Å². The summed E-state index contributed by atoms with van der Waals surface area (Å²) in [4.78, 5) is 35.7. The Morgan fingerprint density at radius 3 is 2.71 bits per heavy atom. The van der Waals surface area contributed by atoms with Crippen molar-refractivity contribution in [2.75, 3.05) is 13.1 Å². The fraction of sp³-hybridized carbons (Fsp3) is 0.217. The van der Waals surface area contributed by atoms with Crippen LogP contribution in [-0.4, -0.2) is 48.2 Å². The standard InChI is InChI=1S/C23H21N5O3/c29-22(30)16-8-11-24-17(13-16)14-26-12-9-19(15-26)28-21-20(7-4-10-25-21)27(23(28)31)18-5-2-1-3-6-18/h1-8,10-11,13,19H,9,12,14-15H2,(H,29,30). The molecule has 3 aromatic heterocycles. The van der Waals surface area contributed by atoms with Gasteiger partial charge in [0.05, 0.1) is 28.5 Å². The Kier molecular flexibility index (Phi) is 4.83. The number of nitrogens with zero attached hydrogens (tertiary/aromatic N) is 5. The van der Waals surface area contributed by atoms with E-state index in [0.717, 1.165) is 24.2 Å². The van der Waals surface area contributed by atoms with Crippen LogP contribution in [0.2, 0.25) is 0 Å². The van der Waals surface area contributed by atoms with Crippen LogP contribution in [0, 0.1) is 0 Å². The number of carboxylic acids is 1. The lowest BCUT2D eigenvalue weighted by molar-refractivity contribution is 0.0696. The fourth-order valence-corrected chi connectivity index (χ4v) is 4.30. The van der Waals surface area contributed by atoms with Gasteiger partial charge in [-0.15, -0.1) is 0 Å². The lowest BCUT2D eigenvalue weighted by Crippen LogP contribution is -2.29. The van der Waals surface area contributed by atoms with Crippen molar-refractivity contribution in [2.45, 2.75) is 19.0 Å². The Bertz CT molecular complexity index is 1310. The first-order valence-electron chi connectivity index (χ1n) is 10.2. The molecule has 31 heavy (non-hydrogen) atoms. The minimum atomic E-state index is -0.964. The largest absolute Gasteiger partial charge is 0.478 e. The normalized spacial score (nSPS) is 16.7. The van der Waals surface area contributed by atoms with Gasteiger partial charge in [-0.3, -0.25) is 19.0 Å². The van der Waals surface area contributed by atoms with E-state index >= 15 is 0 Å². The highest BCUT2D eigenvalue weighted by atomic mass is 16.4. The number of imidazole rings is 1. The smallest absolute Gasteiger partial charge is 0.335 e. The molecule has 0 aliphatic carbocycles. The SMILES string of the molecule is O=C(O)c1ccnc(CN2CCC(n3c(=O)n(-c4ccccc4)c4cccnc43)C2)c1. The third kappa shape index (κ3) is 3.51. The number of pyridine rings is 2. The Balaban J connectivity index is 1.46. The highest BCUT2D eigenvalue weighted by Gasteiger charge is 2.29. The average Bonchev–Trinajstić information content (AvgIpc) is 3.35. The maximum atomic E-state index is 13.5. The molecule has 1 unspecified atom stereocenters. The van der Waals surface area contributed by atoms with E-state index in [1.807, 2.05) is 42.5 Å². The van der Waals surface area contributed by atoms with E-state index in [-0.39, 0.29) is 17.3 Å². The molecule has 0 bridgehead atoms. The minimum Gasteiger partial charge on any atom is -0.478 e. The fourth-order valence-electron chi connectivity index (χ4n) is 4.30. The van der Waals surface area contributed by atoms with Crippen molar-refractivity contribution in [3.8, 4) is 5.69 Å². The number of para-hydroxylation sites is 1. The second kappa shape index (κ2) is 7.81. The quantitative estimate of drug-likeness (QED) is 0.539. The molecule has 0 saturated carbocycles. The summed E-state index contributed by atoms with van der Waals surface area (Å²) in [5.41, 5.74) is 3.11. The molecule has 0 radical (unpaired) electrons. The number of carbonyl (C=O) groups is 1. The number of rotatable bonds is 5. The zero-order valence-electron chi connectivity index (χ0n) is 16.8. The number of aromatic nitrogens is 4. The third-order valence-electron chi connectivity index (χ3n) is 5.71. The molecule has 8 heteroatoms. The second-order valence-corrected chi connectivity index (χ2v) is 7.69. The van der Waals surface area contributed by atoms with E-state index in [2.05, 4.69) is 14.9 Å². The summed E-state index contributed by atoms with van der Waals surface area (Å²) < 4.78 is 3.51. The number of hydrogen-bond acceptors (Lipinski definition) is 5. The van der Waals surface area contributed by atoms with Crippen molar-refractivity contribution in [1.82, 2.24) is 24.0 Å². The number of likely N-dealkylation sites (tertiary alicyclic amines) is 1. The monoisotopic (exact) mass is 415 g/mol. The Hall–Kier alpha value is -3.78. The number of hydrogen-bond donors (Lipinski definition) is 1. The summed E-state index contributed by atoms with van der Waals surface area (Å²) in [6.07, 6.45) is 4.04. The summed E-state index contributed by atoms with van der Waals surface area (Å²) in [5.74, 6) is -0.964. The first-order valence-corrected chi connectivity index (χ1v) is 10.2. The van der Waals surface area contributed by atoms with Crippen LogP contribution in [0.25, 0.3) is 16.9 Å². The van der Waals surface area contributed by atoms with Crippen molar-refractivity contribution in [3.05, 3.63) is 88.7 Å². The second-order valence-electron chi connectivity index (χ2n) is 7.69. The van der Waals surface area contributed by atoms with E-state index in [1.165, 1.54) is 12.3 Å². The van der Waals surface area contributed by atoms with Gasteiger partial charge in [0.25, 0.3) is 0 Å². The van der Waals surface area contributed by atoms with Gasteiger partial charge < -0.3 is 5.11 Å². The molecule has 5 rings (SSSR count). The van der Waals surface area contributed by atoms with Crippen molar-refractivity contribution in [2.24, 2.45) is 0 Å². The topological polar surface area (TPSA) is 93.3 Å². The van der Waals surface area contributed by atoms with Crippen molar-refractivity contribution in [3.63, 3.8) is 0 Å². The third-order valence-corrected chi connectivity index (χ3v) is 5.71. The van der Waals surface area contributed by atoms with Crippen LogP contribution in [0.3, 0.4) is 0 Å². The maximum Gasteiger partial charge on any atom is 0.335 e. The molecule has 156 valence electrons. The maximum absolute atomic E-state index is 13.5. The van der Waals surface area contributed by atoms with E-state index in [0.29, 0.717) is 24.4 Å². The average molecular weight is 415 g/mol. The van der Waals surface area contributed by atoms with Gasteiger partial charge in [-0.25, -0.2) is 14.6 Å². The Morgan fingerprint density at radius 1 is 1.06 bits per heavy atom. The lowest BCUT2D eigenvalue weighted by atomic mass is 10.2. The predicted octanol–water partition coefficient (Wildman–Crippen LogP) is 2.73. The van der Waals surface area contributed by atoms with Crippen molar-refractivity contribution in [1.29, 1.82) is 0 Å². The summed E-state index contributed by atoms with van der Waals surface area (Å²) in [5, 5.41) is 9.20. The summed E-state index contributed by atoms with van der Waals surface area (Å²) in [6.45, 7) is 2.00. The molecule has 1 aromatic carbocycles. The van der Waals surface area contributed by atoms with Crippen LogP contribution >= 0.6 is 0 Å². The van der Waals surface area contributed by atoms with Gasteiger partial charge >= 0.3 is 11.7 Å². The summed E-state index contributed by atoms with van der Waals surface area (Å²) in [7, 11) is 0. The molecule has 1 aliphatic rings. The van der Waals surface area contributed by atoms with Crippen LogP contribution in [0.4, 0.5) is 0 Å².